The fraction of sp³-hybridized carbons (Fsp3) is 0.350. The summed E-state index contributed by atoms with van der Waals surface area (Å²) < 4.78 is 1.82. The molecule has 8 nitrogen and oxygen atoms in total. The van der Waals surface area contributed by atoms with E-state index in [4.69, 9.17) is 0 Å². The van der Waals surface area contributed by atoms with Crippen LogP contribution >= 0.6 is 11.8 Å². The Morgan fingerprint density at radius 3 is 2.69 bits per heavy atom. The Bertz CT molecular complexity index is 1050. The van der Waals surface area contributed by atoms with Gasteiger partial charge in [-0.25, -0.2) is 4.98 Å². The van der Waals surface area contributed by atoms with Crippen LogP contribution in [0.15, 0.2) is 35.5 Å². The number of carbonyl (C=O) groups is 2. The first kappa shape index (κ1) is 20.8. The van der Waals surface area contributed by atoms with Gasteiger partial charge in [0.05, 0.1) is 17.0 Å². The van der Waals surface area contributed by atoms with Crippen LogP contribution in [-0.2, 0) is 4.79 Å². The van der Waals surface area contributed by atoms with Crippen molar-refractivity contribution < 1.29 is 9.59 Å². The normalized spacial score (nSPS) is 11.1. The summed E-state index contributed by atoms with van der Waals surface area (Å²) in [7, 11) is 0. The number of hydrogen-bond donors (Lipinski definition) is 2. The van der Waals surface area contributed by atoms with Gasteiger partial charge in [-0.3, -0.25) is 14.0 Å². The monoisotopic (exact) mass is 412 g/mol. The Labute approximate surface area is 173 Å². The molecule has 0 saturated heterocycles. The van der Waals surface area contributed by atoms with Crippen molar-refractivity contribution in [2.75, 3.05) is 17.6 Å². The molecule has 0 spiro atoms. The van der Waals surface area contributed by atoms with Crippen LogP contribution in [0.25, 0.3) is 5.78 Å². The number of anilines is 1. The molecule has 0 aliphatic rings. The van der Waals surface area contributed by atoms with Gasteiger partial charge in [-0.2, -0.15) is 0 Å². The highest BCUT2D eigenvalue weighted by Gasteiger charge is 2.15. The maximum absolute atomic E-state index is 12.5. The third-order valence-electron chi connectivity index (χ3n) is 4.11. The Balaban J connectivity index is 1.67. The maximum atomic E-state index is 12.5. The number of carbonyl (C=O) groups excluding carboxylic acids is 2. The lowest BCUT2D eigenvalue weighted by Crippen LogP contribution is -2.28. The van der Waals surface area contributed by atoms with E-state index in [0.717, 1.165) is 11.4 Å². The van der Waals surface area contributed by atoms with Crippen molar-refractivity contribution >= 4 is 35.0 Å². The van der Waals surface area contributed by atoms with Crippen molar-refractivity contribution in [1.29, 1.82) is 0 Å². The highest BCUT2D eigenvalue weighted by Crippen LogP contribution is 2.20. The van der Waals surface area contributed by atoms with Crippen LogP contribution in [0.5, 0.6) is 0 Å². The fourth-order valence-electron chi connectivity index (χ4n) is 2.79. The fourth-order valence-corrected chi connectivity index (χ4v) is 3.58. The largest absolute Gasteiger partial charge is 0.352 e. The van der Waals surface area contributed by atoms with Crippen LogP contribution in [-0.4, -0.2) is 43.7 Å². The predicted octanol–water partition coefficient (Wildman–Crippen LogP) is 2.86. The van der Waals surface area contributed by atoms with E-state index in [1.165, 1.54) is 11.8 Å². The van der Waals surface area contributed by atoms with Gasteiger partial charge in [-0.05, 0) is 38.0 Å². The molecule has 0 bridgehead atoms. The molecule has 0 fully saturated rings. The standard InChI is InChI=1S/C20H24N6O2S/c1-12(2)10-21-18(28)15-7-5-6-8-16(15)23-17(27)11-29-20-25-24-19-22-13(3)9-14(4)26(19)20/h5-9,12H,10-11H2,1-4H3,(H,21,28)(H,23,27). The van der Waals surface area contributed by atoms with Gasteiger partial charge in [0.15, 0.2) is 5.16 Å². The Morgan fingerprint density at radius 2 is 1.93 bits per heavy atom. The zero-order valence-electron chi connectivity index (χ0n) is 16.9. The number of aryl methyl sites for hydroxylation is 2. The number of benzene rings is 1. The second-order valence-electron chi connectivity index (χ2n) is 7.14. The zero-order chi connectivity index (χ0) is 21.0. The average molecular weight is 413 g/mol. The summed E-state index contributed by atoms with van der Waals surface area (Å²) in [4.78, 5) is 29.2. The van der Waals surface area contributed by atoms with Crippen LogP contribution in [0.3, 0.4) is 0 Å². The van der Waals surface area contributed by atoms with Crippen LogP contribution in [0.1, 0.15) is 35.6 Å². The van der Waals surface area contributed by atoms with Crippen LogP contribution in [0, 0.1) is 19.8 Å². The first-order valence-corrected chi connectivity index (χ1v) is 10.3. The van der Waals surface area contributed by atoms with Gasteiger partial charge in [0.2, 0.25) is 5.91 Å². The minimum atomic E-state index is -0.228. The van der Waals surface area contributed by atoms with Crippen LogP contribution in [0.4, 0.5) is 5.69 Å². The number of fused-ring (bicyclic) bond motifs is 1. The van der Waals surface area contributed by atoms with E-state index < -0.39 is 0 Å². The molecule has 0 saturated carbocycles. The van der Waals surface area contributed by atoms with E-state index in [0.29, 0.717) is 34.6 Å². The number of nitrogens with zero attached hydrogens (tertiary/aromatic N) is 4. The van der Waals surface area contributed by atoms with Crippen molar-refractivity contribution in [2.24, 2.45) is 5.92 Å². The second-order valence-corrected chi connectivity index (χ2v) is 8.09. The van der Waals surface area contributed by atoms with Gasteiger partial charge in [-0.1, -0.05) is 37.7 Å². The smallest absolute Gasteiger partial charge is 0.256 e. The summed E-state index contributed by atoms with van der Waals surface area (Å²) in [6.45, 7) is 8.47. The quantitative estimate of drug-likeness (QED) is 0.579. The third kappa shape index (κ3) is 5.11. The van der Waals surface area contributed by atoms with Gasteiger partial charge in [0.25, 0.3) is 11.7 Å². The van der Waals surface area contributed by atoms with E-state index >= 15 is 0 Å². The number of aromatic nitrogens is 4. The molecule has 2 amide bonds. The topological polar surface area (TPSA) is 101 Å². The Hall–Kier alpha value is -2.94. The van der Waals surface area contributed by atoms with E-state index in [-0.39, 0.29) is 17.6 Å². The molecule has 0 radical (unpaired) electrons. The number of nitrogens with one attached hydrogen (secondary N) is 2. The van der Waals surface area contributed by atoms with E-state index in [1.807, 2.05) is 38.2 Å². The van der Waals surface area contributed by atoms with Gasteiger partial charge in [0.1, 0.15) is 0 Å². The molecular formula is C20H24N6O2S. The summed E-state index contributed by atoms with van der Waals surface area (Å²) >= 11 is 1.27. The minimum absolute atomic E-state index is 0.135. The molecule has 0 aliphatic carbocycles. The Morgan fingerprint density at radius 1 is 1.17 bits per heavy atom. The zero-order valence-corrected chi connectivity index (χ0v) is 17.7. The van der Waals surface area contributed by atoms with Gasteiger partial charge in [-0.15, -0.1) is 10.2 Å². The van der Waals surface area contributed by atoms with Crippen molar-refractivity contribution in [3.8, 4) is 0 Å². The third-order valence-corrected chi connectivity index (χ3v) is 5.04. The number of thioether (sulfide) groups is 1. The maximum Gasteiger partial charge on any atom is 0.256 e. The van der Waals surface area contributed by atoms with Crippen LogP contribution in [0.2, 0.25) is 0 Å². The number of hydrogen-bond acceptors (Lipinski definition) is 6. The SMILES string of the molecule is Cc1cc(C)n2c(SCC(=O)Nc3ccccc3C(=O)NCC(C)C)nnc2n1. The second kappa shape index (κ2) is 9.04. The lowest BCUT2D eigenvalue weighted by Gasteiger charge is -2.12. The lowest BCUT2D eigenvalue weighted by molar-refractivity contribution is -0.113. The van der Waals surface area contributed by atoms with Gasteiger partial charge >= 0.3 is 0 Å². The summed E-state index contributed by atoms with van der Waals surface area (Å²) in [5.41, 5.74) is 2.74. The predicted molar refractivity (Wildman–Crippen MR) is 113 cm³/mol. The van der Waals surface area contributed by atoms with E-state index in [2.05, 4.69) is 25.8 Å². The van der Waals surface area contributed by atoms with E-state index in [1.54, 1.807) is 24.3 Å². The summed E-state index contributed by atoms with van der Waals surface area (Å²) in [6.07, 6.45) is 0. The first-order chi connectivity index (χ1) is 13.8. The highest BCUT2D eigenvalue weighted by atomic mass is 32.2. The lowest BCUT2D eigenvalue weighted by atomic mass is 10.1. The molecule has 0 aliphatic heterocycles. The molecule has 1 aromatic carbocycles. The van der Waals surface area contributed by atoms with Crippen LogP contribution < -0.4 is 10.6 Å². The number of para-hydroxylation sites is 1. The average Bonchev–Trinajstić information content (AvgIpc) is 3.08. The molecule has 3 aromatic rings. The molecular weight excluding hydrogens is 388 g/mol. The van der Waals surface area contributed by atoms with Crippen molar-refractivity contribution in [1.82, 2.24) is 24.9 Å². The molecule has 152 valence electrons. The summed E-state index contributed by atoms with van der Waals surface area (Å²) in [5, 5.41) is 14.5. The molecule has 29 heavy (non-hydrogen) atoms. The minimum Gasteiger partial charge on any atom is -0.352 e. The molecule has 0 atom stereocenters. The Kier molecular flexibility index (Phi) is 6.48. The number of amides is 2. The van der Waals surface area contributed by atoms with Crippen molar-refractivity contribution in [3.63, 3.8) is 0 Å². The summed E-state index contributed by atoms with van der Waals surface area (Å²) in [5.74, 6) is 0.557. The molecule has 2 N–H and O–H groups in total. The van der Waals surface area contributed by atoms with Crippen molar-refractivity contribution in [3.05, 3.63) is 47.3 Å². The van der Waals surface area contributed by atoms with E-state index in [9.17, 15) is 9.59 Å². The van der Waals surface area contributed by atoms with Gasteiger partial charge < -0.3 is 10.6 Å². The molecule has 2 aromatic heterocycles. The highest BCUT2D eigenvalue weighted by molar-refractivity contribution is 7.99. The summed E-state index contributed by atoms with van der Waals surface area (Å²) in [6, 6.07) is 8.91. The molecule has 0 unspecified atom stereocenters. The number of rotatable bonds is 7. The first-order valence-electron chi connectivity index (χ1n) is 9.34. The molecule has 9 heteroatoms. The molecule has 2 heterocycles. The molecule has 3 rings (SSSR count). The van der Waals surface area contributed by atoms with Crippen molar-refractivity contribution in [2.45, 2.75) is 32.9 Å². The van der Waals surface area contributed by atoms with Gasteiger partial charge in [0, 0.05) is 17.9 Å².